The van der Waals surface area contributed by atoms with Gasteiger partial charge in [-0.1, -0.05) is 47.8 Å². The first-order chi connectivity index (χ1) is 9.76. The SMILES string of the molecule is CC(C)Cn1cc(CNSC(C)(C)C)c2ccc(Br)cc21. The molecule has 0 atom stereocenters. The van der Waals surface area contributed by atoms with E-state index in [9.17, 15) is 0 Å². The minimum absolute atomic E-state index is 0.235. The molecular weight excluding hydrogens is 344 g/mol. The molecule has 0 aliphatic carbocycles. The lowest BCUT2D eigenvalue weighted by atomic mass is 10.2. The van der Waals surface area contributed by atoms with Crippen molar-refractivity contribution in [3.05, 3.63) is 34.4 Å². The zero-order valence-electron chi connectivity index (χ0n) is 13.5. The predicted molar refractivity (Wildman–Crippen MR) is 98.7 cm³/mol. The Kier molecular flexibility index (Phi) is 5.44. The number of nitrogens with one attached hydrogen (secondary N) is 1. The van der Waals surface area contributed by atoms with Gasteiger partial charge in [-0.05, 0) is 44.4 Å². The third kappa shape index (κ3) is 4.76. The van der Waals surface area contributed by atoms with Crippen molar-refractivity contribution in [2.45, 2.75) is 52.5 Å². The van der Waals surface area contributed by atoms with Crippen LogP contribution >= 0.6 is 27.9 Å². The molecule has 4 heteroatoms. The first-order valence-electron chi connectivity index (χ1n) is 7.44. The maximum Gasteiger partial charge on any atom is 0.0495 e. The van der Waals surface area contributed by atoms with Crippen LogP contribution in [0.4, 0.5) is 0 Å². The monoisotopic (exact) mass is 368 g/mol. The molecule has 0 unspecified atom stereocenters. The maximum atomic E-state index is 3.59. The quantitative estimate of drug-likeness (QED) is 0.692. The van der Waals surface area contributed by atoms with E-state index < -0.39 is 0 Å². The van der Waals surface area contributed by atoms with Gasteiger partial charge in [0.1, 0.15) is 0 Å². The third-order valence-corrected chi connectivity index (χ3v) is 4.52. The highest BCUT2D eigenvalue weighted by Gasteiger charge is 2.13. The van der Waals surface area contributed by atoms with E-state index >= 15 is 0 Å². The molecule has 0 saturated carbocycles. The van der Waals surface area contributed by atoms with Crippen LogP contribution in [0.2, 0.25) is 0 Å². The summed E-state index contributed by atoms with van der Waals surface area (Å²) in [6.45, 7) is 13.1. The molecule has 1 aromatic carbocycles. The van der Waals surface area contributed by atoms with Gasteiger partial charge in [-0.2, -0.15) is 0 Å². The molecule has 0 amide bonds. The van der Waals surface area contributed by atoms with E-state index in [2.05, 4.69) is 84.2 Å². The van der Waals surface area contributed by atoms with Crippen LogP contribution in [0, 0.1) is 5.92 Å². The van der Waals surface area contributed by atoms with Crippen LogP contribution in [0.5, 0.6) is 0 Å². The highest BCUT2D eigenvalue weighted by Crippen LogP contribution is 2.27. The first kappa shape index (κ1) is 16.9. The van der Waals surface area contributed by atoms with Crippen LogP contribution in [0.3, 0.4) is 0 Å². The van der Waals surface area contributed by atoms with E-state index in [0.29, 0.717) is 5.92 Å². The fraction of sp³-hybridized carbons (Fsp3) is 0.529. The molecule has 2 nitrogen and oxygen atoms in total. The topological polar surface area (TPSA) is 17.0 Å². The highest BCUT2D eigenvalue weighted by atomic mass is 79.9. The zero-order chi connectivity index (χ0) is 15.6. The van der Waals surface area contributed by atoms with Gasteiger partial charge in [-0.3, -0.25) is 4.72 Å². The molecule has 116 valence electrons. The van der Waals surface area contributed by atoms with Gasteiger partial charge in [0.2, 0.25) is 0 Å². The smallest absolute Gasteiger partial charge is 0.0495 e. The number of halogens is 1. The summed E-state index contributed by atoms with van der Waals surface area (Å²) in [5.41, 5.74) is 2.69. The Morgan fingerprint density at radius 3 is 2.62 bits per heavy atom. The summed E-state index contributed by atoms with van der Waals surface area (Å²) in [6.07, 6.45) is 2.30. The summed E-state index contributed by atoms with van der Waals surface area (Å²) >= 11 is 5.38. The second-order valence-electron chi connectivity index (χ2n) is 6.90. The van der Waals surface area contributed by atoms with Crippen molar-refractivity contribution >= 4 is 38.8 Å². The van der Waals surface area contributed by atoms with Gasteiger partial charge < -0.3 is 4.57 Å². The number of hydrogen-bond donors (Lipinski definition) is 1. The van der Waals surface area contributed by atoms with Crippen LogP contribution in [0.25, 0.3) is 10.9 Å². The molecule has 1 aromatic heterocycles. The molecular formula is C17H25BrN2S. The largest absolute Gasteiger partial charge is 0.347 e. The zero-order valence-corrected chi connectivity index (χ0v) is 15.9. The molecule has 0 saturated heterocycles. The number of hydrogen-bond acceptors (Lipinski definition) is 2. The summed E-state index contributed by atoms with van der Waals surface area (Å²) in [6, 6.07) is 6.57. The van der Waals surface area contributed by atoms with Crippen molar-refractivity contribution in [1.82, 2.24) is 9.29 Å². The maximum absolute atomic E-state index is 3.59. The van der Waals surface area contributed by atoms with Gasteiger partial charge in [0, 0.05) is 39.4 Å². The van der Waals surface area contributed by atoms with Gasteiger partial charge in [0.05, 0.1) is 0 Å². The van der Waals surface area contributed by atoms with Crippen molar-refractivity contribution in [1.29, 1.82) is 0 Å². The van der Waals surface area contributed by atoms with Gasteiger partial charge in [0.15, 0.2) is 0 Å². The molecule has 1 N–H and O–H groups in total. The fourth-order valence-electron chi connectivity index (χ4n) is 2.36. The Labute approximate surface area is 140 Å². The van der Waals surface area contributed by atoms with Crippen LogP contribution < -0.4 is 4.72 Å². The average Bonchev–Trinajstić information content (AvgIpc) is 2.65. The van der Waals surface area contributed by atoms with E-state index in [1.54, 1.807) is 11.9 Å². The van der Waals surface area contributed by atoms with Crippen LogP contribution in [0.1, 0.15) is 40.2 Å². The Morgan fingerprint density at radius 2 is 2.00 bits per heavy atom. The molecule has 0 spiro atoms. The Bertz CT molecular complexity index is 611. The molecule has 0 radical (unpaired) electrons. The van der Waals surface area contributed by atoms with E-state index in [1.165, 1.54) is 16.5 Å². The second-order valence-corrected chi connectivity index (χ2v) is 9.53. The summed E-state index contributed by atoms with van der Waals surface area (Å²) < 4.78 is 7.26. The van der Waals surface area contributed by atoms with Gasteiger partial charge in [-0.15, -0.1) is 0 Å². The number of rotatable bonds is 5. The van der Waals surface area contributed by atoms with Crippen LogP contribution in [-0.2, 0) is 13.1 Å². The van der Waals surface area contributed by atoms with Crippen molar-refractivity contribution in [2.24, 2.45) is 5.92 Å². The minimum atomic E-state index is 0.235. The molecule has 0 bridgehead atoms. The van der Waals surface area contributed by atoms with E-state index in [1.807, 2.05) is 0 Å². The molecule has 0 fully saturated rings. The minimum Gasteiger partial charge on any atom is -0.347 e. The van der Waals surface area contributed by atoms with Crippen molar-refractivity contribution < 1.29 is 0 Å². The van der Waals surface area contributed by atoms with Gasteiger partial charge in [-0.25, -0.2) is 0 Å². The van der Waals surface area contributed by atoms with E-state index in [0.717, 1.165) is 17.6 Å². The molecule has 21 heavy (non-hydrogen) atoms. The lowest BCUT2D eigenvalue weighted by Crippen LogP contribution is -2.16. The van der Waals surface area contributed by atoms with Gasteiger partial charge in [0.25, 0.3) is 0 Å². The number of nitrogens with zero attached hydrogens (tertiary/aromatic N) is 1. The highest BCUT2D eigenvalue weighted by molar-refractivity contribution is 9.10. The third-order valence-electron chi connectivity index (χ3n) is 3.13. The molecule has 2 rings (SSSR count). The summed E-state index contributed by atoms with van der Waals surface area (Å²) in [5, 5.41) is 1.35. The van der Waals surface area contributed by atoms with Gasteiger partial charge >= 0.3 is 0 Å². The summed E-state index contributed by atoms with van der Waals surface area (Å²) in [5.74, 6) is 0.643. The van der Waals surface area contributed by atoms with E-state index in [-0.39, 0.29) is 4.75 Å². The molecule has 0 aliphatic heterocycles. The Hall–Kier alpha value is -0.450. The second kappa shape index (κ2) is 6.76. The Balaban J connectivity index is 2.27. The Morgan fingerprint density at radius 1 is 1.29 bits per heavy atom. The molecule has 2 aromatic rings. The van der Waals surface area contributed by atoms with Crippen LogP contribution in [0.15, 0.2) is 28.9 Å². The molecule has 0 aliphatic rings. The lowest BCUT2D eigenvalue weighted by Gasteiger charge is -2.17. The fourth-order valence-corrected chi connectivity index (χ4v) is 3.37. The lowest BCUT2D eigenvalue weighted by molar-refractivity contribution is 0.534. The van der Waals surface area contributed by atoms with Crippen molar-refractivity contribution in [3.8, 4) is 0 Å². The summed E-state index contributed by atoms with van der Waals surface area (Å²) in [4.78, 5) is 0. The van der Waals surface area contributed by atoms with Crippen LogP contribution in [-0.4, -0.2) is 9.31 Å². The van der Waals surface area contributed by atoms with Crippen molar-refractivity contribution in [2.75, 3.05) is 0 Å². The normalized spacial score (nSPS) is 12.5. The first-order valence-corrected chi connectivity index (χ1v) is 9.05. The number of aromatic nitrogens is 1. The number of benzene rings is 1. The average molecular weight is 369 g/mol. The number of fused-ring (bicyclic) bond motifs is 1. The molecule has 1 heterocycles. The standard InChI is InChI=1S/C17H25BrN2S/c1-12(2)10-20-11-13(9-19-21-17(3,4)5)15-7-6-14(18)8-16(15)20/h6-8,11-12,19H,9-10H2,1-5H3. The van der Waals surface area contributed by atoms with Crippen molar-refractivity contribution in [3.63, 3.8) is 0 Å². The van der Waals surface area contributed by atoms with E-state index in [4.69, 9.17) is 0 Å². The predicted octanol–water partition coefficient (Wildman–Crippen LogP) is 5.60. The summed E-state index contributed by atoms with van der Waals surface area (Å²) in [7, 11) is 0.